The van der Waals surface area contributed by atoms with Crippen LogP contribution in [0.5, 0.6) is 0 Å². The number of nitrogens with zero attached hydrogens (tertiary/aromatic N) is 2. The van der Waals surface area contributed by atoms with E-state index < -0.39 is 0 Å². The largest absolute Gasteiger partial charge is 0.272 e. The molecule has 1 rings (SSSR count). The maximum Gasteiger partial charge on any atom is 0.253 e. The highest BCUT2D eigenvalue weighted by molar-refractivity contribution is 7.96. The SMILES string of the molecule is CSN1N=CCCCC1=O. The second kappa shape index (κ2) is 3.61. The zero-order valence-corrected chi connectivity index (χ0v) is 6.73. The molecule has 1 heterocycles. The Balaban J connectivity index is 2.57. The first-order valence-electron chi connectivity index (χ1n) is 3.24. The molecule has 3 nitrogen and oxygen atoms in total. The molecular formula is C6H10N2OS. The van der Waals surface area contributed by atoms with Crippen molar-refractivity contribution in [2.24, 2.45) is 5.10 Å². The maximum atomic E-state index is 11.0. The van der Waals surface area contributed by atoms with Gasteiger partial charge in [0.1, 0.15) is 0 Å². The van der Waals surface area contributed by atoms with Crippen molar-refractivity contribution >= 4 is 24.1 Å². The Hall–Kier alpha value is -0.510. The van der Waals surface area contributed by atoms with Crippen molar-refractivity contribution in [2.75, 3.05) is 6.26 Å². The van der Waals surface area contributed by atoms with Gasteiger partial charge in [-0.15, -0.1) is 0 Å². The number of hydrazone groups is 1. The highest BCUT2D eigenvalue weighted by Crippen LogP contribution is 2.12. The summed E-state index contributed by atoms with van der Waals surface area (Å²) in [7, 11) is 0. The third kappa shape index (κ3) is 1.73. The Morgan fingerprint density at radius 3 is 3.30 bits per heavy atom. The van der Waals surface area contributed by atoms with Gasteiger partial charge in [0.2, 0.25) is 0 Å². The molecule has 0 aromatic carbocycles. The molecule has 0 bridgehead atoms. The molecule has 0 saturated heterocycles. The van der Waals surface area contributed by atoms with Crippen molar-refractivity contribution in [3.05, 3.63) is 0 Å². The molecule has 1 aliphatic heterocycles. The minimum absolute atomic E-state index is 0.112. The molecular weight excluding hydrogens is 148 g/mol. The van der Waals surface area contributed by atoms with E-state index in [2.05, 4.69) is 5.10 Å². The molecule has 0 N–H and O–H groups in total. The topological polar surface area (TPSA) is 32.7 Å². The van der Waals surface area contributed by atoms with Gasteiger partial charge in [-0.25, -0.2) is 0 Å². The van der Waals surface area contributed by atoms with Crippen LogP contribution in [0.15, 0.2) is 5.10 Å². The average molecular weight is 158 g/mol. The predicted molar refractivity (Wildman–Crippen MR) is 42.7 cm³/mol. The smallest absolute Gasteiger partial charge is 0.253 e. The van der Waals surface area contributed by atoms with E-state index in [-0.39, 0.29) is 5.91 Å². The van der Waals surface area contributed by atoms with Crippen LogP contribution in [0, 0.1) is 0 Å². The molecule has 4 heteroatoms. The highest BCUT2D eigenvalue weighted by Gasteiger charge is 2.12. The zero-order chi connectivity index (χ0) is 7.40. The Bertz CT molecular complexity index is 158. The van der Waals surface area contributed by atoms with Gasteiger partial charge in [0.05, 0.1) is 0 Å². The van der Waals surface area contributed by atoms with Crippen LogP contribution in [0.4, 0.5) is 0 Å². The third-order valence-corrected chi connectivity index (χ3v) is 1.94. The maximum absolute atomic E-state index is 11.0. The van der Waals surface area contributed by atoms with Crippen LogP contribution in [0.2, 0.25) is 0 Å². The second-order valence-corrected chi connectivity index (χ2v) is 2.75. The van der Waals surface area contributed by atoms with Crippen LogP contribution in [0.25, 0.3) is 0 Å². The summed E-state index contributed by atoms with van der Waals surface area (Å²) in [5.41, 5.74) is 0. The van der Waals surface area contributed by atoms with E-state index >= 15 is 0 Å². The number of hydrogen-bond acceptors (Lipinski definition) is 3. The molecule has 0 saturated carbocycles. The lowest BCUT2D eigenvalue weighted by Gasteiger charge is -2.09. The molecule has 0 aromatic heterocycles. The summed E-state index contributed by atoms with van der Waals surface area (Å²) in [6.45, 7) is 0. The number of hydrogen-bond donors (Lipinski definition) is 0. The van der Waals surface area contributed by atoms with Crippen LogP contribution in [0.1, 0.15) is 19.3 Å². The van der Waals surface area contributed by atoms with Crippen molar-refractivity contribution in [1.82, 2.24) is 4.41 Å². The van der Waals surface area contributed by atoms with Crippen LogP contribution < -0.4 is 0 Å². The van der Waals surface area contributed by atoms with Gasteiger partial charge < -0.3 is 0 Å². The molecule has 1 amide bonds. The summed E-state index contributed by atoms with van der Waals surface area (Å²) < 4.78 is 1.44. The summed E-state index contributed by atoms with van der Waals surface area (Å²) in [6.07, 6.45) is 6.12. The summed E-state index contributed by atoms with van der Waals surface area (Å²) >= 11 is 1.35. The minimum atomic E-state index is 0.112. The standard InChI is InChI=1S/C6H10N2OS/c1-10-8-6(9)4-2-3-5-7-8/h5H,2-4H2,1H3. The van der Waals surface area contributed by atoms with E-state index in [1.807, 2.05) is 6.26 Å². The van der Waals surface area contributed by atoms with Crippen LogP contribution in [-0.4, -0.2) is 22.8 Å². The number of carbonyl (C=O) groups is 1. The average Bonchev–Trinajstić information content (AvgIpc) is 2.13. The fourth-order valence-electron chi connectivity index (χ4n) is 0.785. The van der Waals surface area contributed by atoms with Gasteiger partial charge in [0.25, 0.3) is 5.91 Å². The first-order chi connectivity index (χ1) is 4.84. The summed E-state index contributed by atoms with van der Waals surface area (Å²) in [6, 6.07) is 0. The fourth-order valence-corrected chi connectivity index (χ4v) is 1.24. The molecule has 1 aliphatic rings. The molecule has 0 spiro atoms. The fraction of sp³-hybridized carbons (Fsp3) is 0.667. The van der Waals surface area contributed by atoms with Crippen molar-refractivity contribution in [2.45, 2.75) is 19.3 Å². The van der Waals surface area contributed by atoms with Crippen LogP contribution in [-0.2, 0) is 4.79 Å². The summed E-state index contributed by atoms with van der Waals surface area (Å²) in [5.74, 6) is 0.112. The lowest BCUT2D eigenvalue weighted by Crippen LogP contribution is -2.15. The molecule has 10 heavy (non-hydrogen) atoms. The van der Waals surface area contributed by atoms with Gasteiger partial charge in [-0.2, -0.15) is 9.52 Å². The lowest BCUT2D eigenvalue weighted by molar-refractivity contribution is -0.125. The van der Waals surface area contributed by atoms with E-state index in [0.717, 1.165) is 12.8 Å². The minimum Gasteiger partial charge on any atom is -0.272 e. The van der Waals surface area contributed by atoms with Gasteiger partial charge in [-0.05, 0) is 24.8 Å². The van der Waals surface area contributed by atoms with E-state index in [0.29, 0.717) is 6.42 Å². The van der Waals surface area contributed by atoms with Gasteiger partial charge >= 0.3 is 0 Å². The van der Waals surface area contributed by atoms with Crippen LogP contribution >= 0.6 is 11.9 Å². The van der Waals surface area contributed by atoms with Gasteiger partial charge in [-0.3, -0.25) is 4.79 Å². The van der Waals surface area contributed by atoms with Gasteiger partial charge in [0, 0.05) is 18.9 Å². The zero-order valence-electron chi connectivity index (χ0n) is 5.91. The van der Waals surface area contributed by atoms with Crippen molar-refractivity contribution in [3.8, 4) is 0 Å². The van der Waals surface area contributed by atoms with Gasteiger partial charge in [0.15, 0.2) is 0 Å². The van der Waals surface area contributed by atoms with Crippen LogP contribution in [0.3, 0.4) is 0 Å². The van der Waals surface area contributed by atoms with E-state index in [1.54, 1.807) is 6.21 Å². The molecule has 0 aromatic rings. The van der Waals surface area contributed by atoms with Crippen molar-refractivity contribution in [3.63, 3.8) is 0 Å². The predicted octanol–water partition coefficient (Wildman–Crippen LogP) is 1.26. The third-order valence-electron chi connectivity index (χ3n) is 1.30. The Kier molecular flexibility index (Phi) is 2.74. The van der Waals surface area contributed by atoms with Crippen molar-refractivity contribution in [1.29, 1.82) is 0 Å². The monoisotopic (exact) mass is 158 g/mol. The first-order valence-corrected chi connectivity index (χ1v) is 4.42. The summed E-state index contributed by atoms with van der Waals surface area (Å²) in [5, 5.41) is 3.94. The Morgan fingerprint density at radius 2 is 2.60 bits per heavy atom. The number of rotatable bonds is 1. The molecule has 0 aliphatic carbocycles. The molecule has 0 atom stereocenters. The molecule has 56 valence electrons. The van der Waals surface area contributed by atoms with E-state index in [4.69, 9.17) is 0 Å². The Morgan fingerprint density at radius 1 is 1.80 bits per heavy atom. The quantitative estimate of drug-likeness (QED) is 0.538. The highest BCUT2D eigenvalue weighted by atomic mass is 32.2. The number of carbonyl (C=O) groups excluding carboxylic acids is 1. The normalized spacial score (nSPS) is 19.3. The summed E-state index contributed by atoms with van der Waals surface area (Å²) in [4.78, 5) is 11.0. The molecule has 0 fully saturated rings. The molecule has 0 unspecified atom stereocenters. The van der Waals surface area contributed by atoms with E-state index in [1.165, 1.54) is 16.4 Å². The first kappa shape index (κ1) is 7.60. The van der Waals surface area contributed by atoms with Crippen molar-refractivity contribution < 1.29 is 4.79 Å². The van der Waals surface area contributed by atoms with E-state index in [9.17, 15) is 4.79 Å². The molecule has 0 radical (unpaired) electrons. The number of amides is 1. The second-order valence-electron chi connectivity index (χ2n) is 2.04. The van der Waals surface area contributed by atoms with Gasteiger partial charge in [-0.1, -0.05) is 0 Å². The lowest BCUT2D eigenvalue weighted by atomic mass is 10.2. The Labute approximate surface area is 64.6 Å².